The lowest BCUT2D eigenvalue weighted by Gasteiger charge is -2.28. The first-order valence-electron chi connectivity index (χ1n) is 22.3. The largest absolute Gasteiger partial charge is 1.00 e. The van der Waals surface area contributed by atoms with Gasteiger partial charge in [-0.15, -0.1) is 0 Å². The van der Waals surface area contributed by atoms with E-state index in [4.69, 9.17) is 19.7 Å². The van der Waals surface area contributed by atoms with Gasteiger partial charge in [0, 0.05) is 12.8 Å². The lowest BCUT2D eigenvalue weighted by atomic mass is 10.1. The number of hydrogen-bond acceptors (Lipinski definition) is 6. The number of quaternary nitrogens is 2. The molecule has 0 aliphatic carbocycles. The van der Waals surface area contributed by atoms with E-state index in [1.54, 1.807) is 0 Å². The van der Waals surface area contributed by atoms with E-state index in [1.165, 1.54) is 128 Å². The molecule has 2 N–H and O–H groups in total. The van der Waals surface area contributed by atoms with Crippen LogP contribution < -0.4 is 34.0 Å². The van der Waals surface area contributed by atoms with Crippen LogP contribution in [0.15, 0.2) is 0 Å². The highest BCUT2D eigenvalue weighted by molar-refractivity contribution is 5.69. The highest BCUT2D eigenvalue weighted by Crippen LogP contribution is 2.15. The van der Waals surface area contributed by atoms with Crippen molar-refractivity contribution < 1.29 is 72.2 Å². The van der Waals surface area contributed by atoms with Gasteiger partial charge in [0.1, 0.15) is 13.1 Å². The van der Waals surface area contributed by atoms with E-state index in [-0.39, 0.29) is 59.1 Å². The van der Waals surface area contributed by atoms with Crippen LogP contribution >= 0.6 is 0 Å². The molecule has 54 heavy (non-hydrogen) atoms. The Bertz CT molecular complexity index is 803. The van der Waals surface area contributed by atoms with Gasteiger partial charge in [-0.25, -0.2) is 0 Å². The second-order valence-electron chi connectivity index (χ2n) is 17.1. The van der Waals surface area contributed by atoms with E-state index in [2.05, 4.69) is 28.2 Å². The quantitative estimate of drug-likeness (QED) is 0.0550. The molecular formula is C44H90Br2N2O6. The van der Waals surface area contributed by atoms with Gasteiger partial charge in [-0.05, 0) is 51.4 Å². The van der Waals surface area contributed by atoms with E-state index in [0.29, 0.717) is 26.1 Å². The third-order valence-corrected chi connectivity index (χ3v) is 10.8. The number of carbonyl (C=O) groups is 2. The summed E-state index contributed by atoms with van der Waals surface area (Å²) in [6.07, 6.45) is 34.9. The molecule has 0 heterocycles. The number of hydrogen-bond donors (Lipinski definition) is 2. The molecule has 0 amide bonds. The molecular weight excluding hydrogens is 812 g/mol. The smallest absolute Gasteiger partial charge is 0.305 e. The standard InChI is InChI=1S/C44H90N2O6.2BrH/c1-45(2,37-39-47)35-29-23-17-11-6-5-7-13-19-25-31-41-51-43(49)33-27-21-15-9-10-16-22-28-34-44(50)52-42-32-26-20-14-8-12-18-24-30-36-46(3,4)38-40-48;;/h47-48H,5-42H2,1-4H3;2*1H/q+2;;/p-2. The molecule has 0 aromatic carbocycles. The van der Waals surface area contributed by atoms with Crippen molar-refractivity contribution in [3.05, 3.63) is 0 Å². The minimum absolute atomic E-state index is 0. The highest BCUT2D eigenvalue weighted by atomic mass is 79.9. The van der Waals surface area contributed by atoms with Gasteiger partial charge in [-0.1, -0.05) is 128 Å². The molecule has 0 spiro atoms. The summed E-state index contributed by atoms with van der Waals surface area (Å²) in [7, 11) is 8.80. The number of aliphatic hydroxyl groups excluding tert-OH is 2. The van der Waals surface area contributed by atoms with Crippen molar-refractivity contribution in [2.75, 3.05) is 80.8 Å². The van der Waals surface area contributed by atoms with Gasteiger partial charge in [-0.3, -0.25) is 9.59 Å². The van der Waals surface area contributed by atoms with Gasteiger partial charge >= 0.3 is 11.9 Å². The van der Waals surface area contributed by atoms with Gasteiger partial charge in [0.25, 0.3) is 0 Å². The van der Waals surface area contributed by atoms with E-state index in [0.717, 1.165) is 86.5 Å². The maximum atomic E-state index is 12.0. The molecule has 0 aromatic rings. The van der Waals surface area contributed by atoms with Gasteiger partial charge in [0.15, 0.2) is 0 Å². The van der Waals surface area contributed by atoms with Crippen molar-refractivity contribution in [2.24, 2.45) is 0 Å². The van der Waals surface area contributed by atoms with Crippen LogP contribution in [0, 0.1) is 0 Å². The van der Waals surface area contributed by atoms with E-state index in [9.17, 15) is 9.59 Å². The second-order valence-corrected chi connectivity index (χ2v) is 17.1. The van der Waals surface area contributed by atoms with Crippen molar-refractivity contribution in [3.63, 3.8) is 0 Å². The summed E-state index contributed by atoms with van der Waals surface area (Å²) in [6, 6.07) is 0. The summed E-state index contributed by atoms with van der Waals surface area (Å²) in [5.41, 5.74) is 0. The second kappa shape index (κ2) is 42.3. The zero-order chi connectivity index (χ0) is 38.4. The first kappa shape index (κ1) is 58.1. The molecule has 8 nitrogen and oxygen atoms in total. The Morgan fingerprint density at radius 1 is 0.352 bits per heavy atom. The summed E-state index contributed by atoms with van der Waals surface area (Å²) >= 11 is 0. The van der Waals surface area contributed by atoms with Gasteiger partial charge < -0.3 is 62.6 Å². The molecule has 0 radical (unpaired) electrons. The van der Waals surface area contributed by atoms with E-state index < -0.39 is 0 Å². The van der Waals surface area contributed by atoms with Crippen molar-refractivity contribution in [1.29, 1.82) is 0 Å². The number of nitrogens with zero attached hydrogens (tertiary/aromatic N) is 2. The molecule has 0 bridgehead atoms. The van der Waals surface area contributed by atoms with Crippen molar-refractivity contribution in [1.82, 2.24) is 0 Å². The molecule has 0 unspecified atom stereocenters. The monoisotopic (exact) mass is 901 g/mol. The first-order valence-corrected chi connectivity index (χ1v) is 22.3. The zero-order valence-electron chi connectivity index (χ0n) is 36.0. The number of unbranched alkanes of at least 4 members (excludes halogenated alkanes) is 25. The first-order chi connectivity index (χ1) is 25.1. The third kappa shape index (κ3) is 44.5. The molecule has 0 fully saturated rings. The molecule has 0 saturated carbocycles. The highest BCUT2D eigenvalue weighted by Gasteiger charge is 2.13. The Hall–Kier alpha value is -0.260. The Labute approximate surface area is 356 Å². The summed E-state index contributed by atoms with van der Waals surface area (Å²) in [5, 5.41) is 18.2. The molecule has 10 heteroatoms. The molecule has 0 aliphatic rings. The fourth-order valence-corrected chi connectivity index (χ4v) is 6.99. The predicted octanol–water partition coefficient (Wildman–Crippen LogP) is 3.92. The molecule has 0 atom stereocenters. The van der Waals surface area contributed by atoms with Gasteiger partial charge in [0.05, 0.1) is 67.7 Å². The summed E-state index contributed by atoms with van der Waals surface area (Å²) < 4.78 is 12.7. The molecule has 0 aromatic heterocycles. The summed E-state index contributed by atoms with van der Waals surface area (Å²) in [4.78, 5) is 24.0. The van der Waals surface area contributed by atoms with Crippen LogP contribution in [0.2, 0.25) is 0 Å². The van der Waals surface area contributed by atoms with Crippen LogP contribution in [-0.4, -0.2) is 112 Å². The van der Waals surface area contributed by atoms with E-state index >= 15 is 0 Å². The Balaban J connectivity index is -0.0000130. The predicted molar refractivity (Wildman–Crippen MR) is 218 cm³/mol. The van der Waals surface area contributed by atoms with Crippen LogP contribution in [-0.2, 0) is 19.1 Å². The van der Waals surface area contributed by atoms with Gasteiger partial charge in [0.2, 0.25) is 0 Å². The molecule has 326 valence electrons. The fourth-order valence-electron chi connectivity index (χ4n) is 6.99. The Kier molecular flexibility index (Phi) is 45.5. The number of halogens is 2. The number of esters is 2. The number of carbonyl (C=O) groups excluding carboxylic acids is 2. The Morgan fingerprint density at radius 2 is 0.574 bits per heavy atom. The summed E-state index contributed by atoms with van der Waals surface area (Å²) in [6.45, 7) is 5.71. The van der Waals surface area contributed by atoms with E-state index in [1.807, 2.05) is 0 Å². The molecule has 0 saturated heterocycles. The van der Waals surface area contributed by atoms with Crippen LogP contribution in [0.5, 0.6) is 0 Å². The summed E-state index contributed by atoms with van der Waals surface area (Å²) in [5.74, 6) is -0.0677. The van der Waals surface area contributed by atoms with Crippen molar-refractivity contribution in [2.45, 2.75) is 193 Å². The normalized spacial score (nSPS) is 11.6. The van der Waals surface area contributed by atoms with Crippen LogP contribution in [0.4, 0.5) is 0 Å². The Morgan fingerprint density at radius 3 is 0.833 bits per heavy atom. The minimum Gasteiger partial charge on any atom is -1.00 e. The van der Waals surface area contributed by atoms with Crippen molar-refractivity contribution in [3.8, 4) is 0 Å². The SMILES string of the molecule is C[N+](C)(CCO)CCCCCCCCCCCCCOC(=O)CCCCCCCCCCC(=O)OCCCCCCCCCCC[N+](C)(C)CCO.[Br-].[Br-]. The molecule has 0 rings (SSSR count). The minimum atomic E-state index is -0.0356. The molecule has 0 aliphatic heterocycles. The maximum Gasteiger partial charge on any atom is 0.305 e. The topological polar surface area (TPSA) is 93.1 Å². The third-order valence-electron chi connectivity index (χ3n) is 10.8. The van der Waals surface area contributed by atoms with Gasteiger partial charge in [-0.2, -0.15) is 0 Å². The number of rotatable bonds is 41. The van der Waals surface area contributed by atoms with Crippen LogP contribution in [0.25, 0.3) is 0 Å². The average Bonchev–Trinajstić information content (AvgIpc) is 3.09. The zero-order valence-corrected chi connectivity index (χ0v) is 39.2. The maximum absolute atomic E-state index is 12.0. The fraction of sp³-hybridized carbons (Fsp3) is 0.955. The van der Waals surface area contributed by atoms with Crippen LogP contribution in [0.3, 0.4) is 0 Å². The average molecular weight is 903 g/mol. The van der Waals surface area contributed by atoms with Crippen LogP contribution in [0.1, 0.15) is 193 Å². The number of aliphatic hydroxyl groups is 2. The number of ether oxygens (including phenoxy) is 2. The van der Waals surface area contributed by atoms with Crippen molar-refractivity contribution >= 4 is 11.9 Å². The lowest BCUT2D eigenvalue weighted by molar-refractivity contribution is -0.890. The lowest BCUT2D eigenvalue weighted by Crippen LogP contribution is -3.00. The number of likely N-dealkylation sites (N-methyl/N-ethyl adjacent to an activating group) is 2.